The van der Waals surface area contributed by atoms with E-state index in [9.17, 15) is 8.42 Å². The van der Waals surface area contributed by atoms with Gasteiger partial charge in [-0.2, -0.15) is 0 Å². The molecule has 1 aromatic rings. The van der Waals surface area contributed by atoms with Gasteiger partial charge in [0, 0.05) is 25.8 Å². The van der Waals surface area contributed by atoms with Crippen molar-refractivity contribution in [1.29, 1.82) is 0 Å². The Balaban J connectivity index is 2.73. The molecule has 0 saturated carbocycles. The third kappa shape index (κ3) is 4.82. The molecule has 0 unspecified atom stereocenters. The van der Waals surface area contributed by atoms with Crippen molar-refractivity contribution >= 4 is 27.2 Å². The largest absolute Gasteiger partial charge is 0.389 e. The number of aryl methyl sites for hydroxylation is 1. The molecule has 5 nitrogen and oxygen atoms in total. The minimum Gasteiger partial charge on any atom is -0.389 e. The Hall–Kier alpha value is -1.02. The van der Waals surface area contributed by atoms with Crippen LogP contribution in [0, 0.1) is 6.92 Å². The van der Waals surface area contributed by atoms with Crippen molar-refractivity contribution in [2.45, 2.75) is 24.7 Å². The number of rotatable bonds is 8. The maximum absolute atomic E-state index is 12.1. The Morgan fingerprint density at radius 1 is 1.40 bits per heavy atom. The van der Waals surface area contributed by atoms with Crippen LogP contribution < -0.4 is 10.5 Å². The minimum absolute atomic E-state index is 0.224. The van der Waals surface area contributed by atoms with Crippen molar-refractivity contribution in [3.05, 3.63) is 29.3 Å². The Labute approximate surface area is 125 Å². The van der Waals surface area contributed by atoms with Gasteiger partial charge in [0.2, 0.25) is 10.0 Å². The standard InChI is InChI=1S/C13H20N2O3S2/c1-10-9-11(5-6-12(10)13(14)19)20(16,17)15-7-3-4-8-18-2/h5-6,9,15H,3-4,7-8H2,1-2H3,(H2,14,19). The quantitative estimate of drug-likeness (QED) is 0.559. The van der Waals surface area contributed by atoms with Gasteiger partial charge in [-0.05, 0) is 37.5 Å². The molecule has 0 aliphatic heterocycles. The summed E-state index contributed by atoms with van der Waals surface area (Å²) < 4.78 is 31.7. The molecular weight excluding hydrogens is 296 g/mol. The van der Waals surface area contributed by atoms with Crippen LogP contribution in [-0.4, -0.2) is 33.7 Å². The van der Waals surface area contributed by atoms with Crippen LogP contribution in [0.4, 0.5) is 0 Å². The number of benzene rings is 1. The van der Waals surface area contributed by atoms with Crippen LogP contribution in [0.15, 0.2) is 23.1 Å². The van der Waals surface area contributed by atoms with E-state index in [2.05, 4.69) is 4.72 Å². The summed E-state index contributed by atoms with van der Waals surface area (Å²) in [6, 6.07) is 4.72. The molecule has 0 aliphatic rings. The molecule has 0 heterocycles. The number of thiocarbonyl (C=S) groups is 1. The van der Waals surface area contributed by atoms with Gasteiger partial charge in [-0.25, -0.2) is 13.1 Å². The van der Waals surface area contributed by atoms with Crippen molar-refractivity contribution in [2.75, 3.05) is 20.3 Å². The molecule has 1 rings (SSSR count). The zero-order chi connectivity index (χ0) is 15.2. The summed E-state index contributed by atoms with van der Waals surface area (Å²) in [6.07, 6.45) is 1.55. The van der Waals surface area contributed by atoms with Crippen LogP contribution in [0.5, 0.6) is 0 Å². The molecule has 0 atom stereocenters. The second kappa shape index (κ2) is 7.68. The fourth-order valence-electron chi connectivity index (χ4n) is 1.74. The molecule has 0 fully saturated rings. The molecule has 3 N–H and O–H groups in total. The van der Waals surface area contributed by atoms with E-state index in [0.29, 0.717) is 18.7 Å². The number of hydrogen-bond donors (Lipinski definition) is 2. The van der Waals surface area contributed by atoms with E-state index in [1.54, 1.807) is 26.2 Å². The van der Waals surface area contributed by atoms with Gasteiger partial charge in [-0.3, -0.25) is 0 Å². The molecule has 20 heavy (non-hydrogen) atoms. The van der Waals surface area contributed by atoms with Crippen molar-refractivity contribution in [3.8, 4) is 0 Å². The summed E-state index contributed by atoms with van der Waals surface area (Å²) >= 11 is 4.90. The van der Waals surface area contributed by atoms with Gasteiger partial charge in [0.1, 0.15) is 4.99 Å². The highest BCUT2D eigenvalue weighted by molar-refractivity contribution is 7.89. The second-order valence-corrected chi connectivity index (χ2v) is 6.65. The molecule has 0 saturated heterocycles. The van der Waals surface area contributed by atoms with Crippen molar-refractivity contribution in [2.24, 2.45) is 5.73 Å². The molecule has 1 aromatic carbocycles. The van der Waals surface area contributed by atoms with Gasteiger partial charge in [0.25, 0.3) is 0 Å². The molecule has 0 spiro atoms. The molecular formula is C13H20N2O3S2. The number of nitrogens with one attached hydrogen (secondary N) is 1. The zero-order valence-electron chi connectivity index (χ0n) is 11.7. The van der Waals surface area contributed by atoms with E-state index in [1.165, 1.54) is 6.07 Å². The number of hydrogen-bond acceptors (Lipinski definition) is 4. The van der Waals surface area contributed by atoms with Crippen molar-refractivity contribution < 1.29 is 13.2 Å². The van der Waals surface area contributed by atoms with Crippen molar-refractivity contribution in [3.63, 3.8) is 0 Å². The number of unbranched alkanes of at least 4 members (excludes halogenated alkanes) is 1. The molecule has 0 aromatic heterocycles. The first-order valence-electron chi connectivity index (χ1n) is 6.27. The monoisotopic (exact) mass is 316 g/mol. The Kier molecular flexibility index (Phi) is 6.54. The van der Waals surface area contributed by atoms with E-state index in [1.807, 2.05) is 0 Å². The van der Waals surface area contributed by atoms with E-state index in [-0.39, 0.29) is 9.88 Å². The van der Waals surface area contributed by atoms with E-state index in [4.69, 9.17) is 22.7 Å². The Morgan fingerprint density at radius 3 is 2.65 bits per heavy atom. The van der Waals surface area contributed by atoms with E-state index in [0.717, 1.165) is 18.4 Å². The van der Waals surface area contributed by atoms with Crippen LogP contribution >= 0.6 is 12.2 Å². The molecule has 0 aliphatic carbocycles. The zero-order valence-corrected chi connectivity index (χ0v) is 13.3. The Morgan fingerprint density at radius 2 is 2.10 bits per heavy atom. The lowest BCUT2D eigenvalue weighted by molar-refractivity contribution is 0.193. The number of ether oxygens (including phenoxy) is 1. The maximum Gasteiger partial charge on any atom is 0.240 e. The van der Waals surface area contributed by atoms with E-state index >= 15 is 0 Å². The normalized spacial score (nSPS) is 11.5. The molecule has 0 bridgehead atoms. The first-order chi connectivity index (χ1) is 9.38. The molecule has 0 amide bonds. The number of sulfonamides is 1. The topological polar surface area (TPSA) is 81.4 Å². The summed E-state index contributed by atoms with van der Waals surface area (Å²) in [5.74, 6) is 0. The highest BCUT2D eigenvalue weighted by atomic mass is 32.2. The third-order valence-electron chi connectivity index (χ3n) is 2.84. The molecule has 0 radical (unpaired) electrons. The van der Waals surface area contributed by atoms with Gasteiger partial charge in [0.15, 0.2) is 0 Å². The Bertz CT molecular complexity index is 571. The van der Waals surface area contributed by atoms with Crippen LogP contribution in [0.25, 0.3) is 0 Å². The van der Waals surface area contributed by atoms with E-state index < -0.39 is 10.0 Å². The SMILES string of the molecule is COCCCCNS(=O)(=O)c1ccc(C(N)=S)c(C)c1. The van der Waals surface area contributed by atoms with Crippen molar-refractivity contribution in [1.82, 2.24) is 4.72 Å². The predicted octanol–water partition coefficient (Wildman–Crippen LogP) is 1.33. The smallest absolute Gasteiger partial charge is 0.240 e. The highest BCUT2D eigenvalue weighted by Crippen LogP contribution is 2.15. The van der Waals surface area contributed by atoms with Crippen LogP contribution in [0.1, 0.15) is 24.0 Å². The average molecular weight is 316 g/mol. The van der Waals surface area contributed by atoms with Gasteiger partial charge in [-0.15, -0.1) is 0 Å². The molecule has 7 heteroatoms. The van der Waals surface area contributed by atoms with Gasteiger partial charge < -0.3 is 10.5 Å². The van der Waals surface area contributed by atoms with Crippen LogP contribution in [0.2, 0.25) is 0 Å². The van der Waals surface area contributed by atoms with Crippen LogP contribution in [-0.2, 0) is 14.8 Å². The van der Waals surface area contributed by atoms with Gasteiger partial charge in [0.05, 0.1) is 4.90 Å². The van der Waals surface area contributed by atoms with Gasteiger partial charge in [-0.1, -0.05) is 18.3 Å². The highest BCUT2D eigenvalue weighted by Gasteiger charge is 2.14. The summed E-state index contributed by atoms with van der Waals surface area (Å²) in [4.78, 5) is 0.487. The lowest BCUT2D eigenvalue weighted by Gasteiger charge is -2.09. The summed E-state index contributed by atoms with van der Waals surface area (Å²) in [7, 11) is -1.87. The lowest BCUT2D eigenvalue weighted by atomic mass is 10.1. The number of nitrogens with two attached hydrogens (primary N) is 1. The summed E-state index contributed by atoms with van der Waals surface area (Å²) in [6.45, 7) is 2.80. The third-order valence-corrected chi connectivity index (χ3v) is 4.52. The predicted molar refractivity (Wildman–Crippen MR) is 83.4 cm³/mol. The first-order valence-corrected chi connectivity index (χ1v) is 8.16. The summed E-state index contributed by atoms with van der Waals surface area (Å²) in [5.41, 5.74) is 7.00. The van der Waals surface area contributed by atoms with Crippen LogP contribution in [0.3, 0.4) is 0 Å². The second-order valence-electron chi connectivity index (χ2n) is 4.44. The fraction of sp³-hybridized carbons (Fsp3) is 0.462. The average Bonchev–Trinajstić information content (AvgIpc) is 2.37. The number of methoxy groups -OCH3 is 1. The first kappa shape index (κ1) is 17.0. The lowest BCUT2D eigenvalue weighted by Crippen LogP contribution is -2.25. The van der Waals surface area contributed by atoms with Gasteiger partial charge >= 0.3 is 0 Å². The summed E-state index contributed by atoms with van der Waals surface area (Å²) in [5, 5.41) is 0. The molecule has 112 valence electrons. The minimum atomic E-state index is -3.49. The maximum atomic E-state index is 12.1. The fourth-order valence-corrected chi connectivity index (χ4v) is 3.13.